The van der Waals surface area contributed by atoms with Gasteiger partial charge in [-0.1, -0.05) is 30.0 Å². The number of carbonyl (C=O) groups excluding carboxylic acids is 1. The van der Waals surface area contributed by atoms with E-state index in [1.807, 2.05) is 56.3 Å². The number of benzene rings is 2. The molecule has 0 fully saturated rings. The number of rotatable bonds is 13. The summed E-state index contributed by atoms with van der Waals surface area (Å²) in [5, 5.41) is 0.870. The third-order valence-corrected chi connectivity index (χ3v) is 5.37. The Balaban J connectivity index is 1.49. The lowest BCUT2D eigenvalue weighted by molar-refractivity contribution is -0.107. The predicted octanol–water partition coefficient (Wildman–Crippen LogP) is 5.69. The fourth-order valence-electron chi connectivity index (χ4n) is 2.89. The van der Waals surface area contributed by atoms with E-state index in [0.29, 0.717) is 30.3 Å². The molecule has 0 radical (unpaired) electrons. The van der Waals surface area contributed by atoms with E-state index in [2.05, 4.69) is 0 Å². The van der Waals surface area contributed by atoms with Crippen LogP contribution in [0, 0.1) is 0 Å². The van der Waals surface area contributed by atoms with Crippen molar-refractivity contribution in [1.29, 1.82) is 0 Å². The van der Waals surface area contributed by atoms with Crippen molar-refractivity contribution in [2.24, 2.45) is 0 Å². The van der Waals surface area contributed by atoms with Crippen LogP contribution in [0.4, 0.5) is 0 Å². The standard InChI is InChI=1S/C25H28O6S/c1-3-27-17-30-21-8-5-19(6-9-21)12-14-32-25(26)10-7-20-15-23-22(11-13-29-23)24(16-20)31-18-28-4-2/h5-11,13,15-16H,3-4,12,14,17-18H2,1-2H3/b10-7+. The van der Waals surface area contributed by atoms with Crippen LogP contribution in [0.15, 0.2) is 59.2 Å². The van der Waals surface area contributed by atoms with E-state index in [9.17, 15) is 4.79 Å². The van der Waals surface area contributed by atoms with Gasteiger partial charge in [-0.25, -0.2) is 0 Å². The van der Waals surface area contributed by atoms with Gasteiger partial charge in [0.05, 0.1) is 11.6 Å². The van der Waals surface area contributed by atoms with Crippen molar-refractivity contribution in [2.45, 2.75) is 20.3 Å². The van der Waals surface area contributed by atoms with E-state index in [4.69, 9.17) is 23.4 Å². The molecule has 0 aliphatic rings. The Bertz CT molecular complexity index is 1010. The molecule has 0 amide bonds. The first-order chi connectivity index (χ1) is 15.7. The van der Waals surface area contributed by atoms with Crippen molar-refractivity contribution < 1.29 is 28.2 Å². The third-order valence-electron chi connectivity index (χ3n) is 4.54. The highest BCUT2D eigenvalue weighted by atomic mass is 32.2. The van der Waals surface area contributed by atoms with Crippen LogP contribution in [0.25, 0.3) is 17.0 Å². The molecule has 7 heteroatoms. The number of aryl methyl sites for hydroxylation is 1. The molecule has 1 heterocycles. The van der Waals surface area contributed by atoms with Crippen LogP contribution in [0.5, 0.6) is 11.5 Å². The molecular weight excluding hydrogens is 428 g/mol. The maximum Gasteiger partial charge on any atom is 0.212 e. The van der Waals surface area contributed by atoms with Gasteiger partial charge >= 0.3 is 0 Å². The lowest BCUT2D eigenvalue weighted by Gasteiger charge is -2.08. The van der Waals surface area contributed by atoms with Crippen LogP contribution in [-0.4, -0.2) is 37.7 Å². The Labute approximate surface area is 192 Å². The van der Waals surface area contributed by atoms with Crippen molar-refractivity contribution >= 4 is 33.9 Å². The van der Waals surface area contributed by atoms with Gasteiger partial charge in [0.1, 0.15) is 17.1 Å². The minimum atomic E-state index is -0.00186. The maximum atomic E-state index is 12.3. The summed E-state index contributed by atoms with van der Waals surface area (Å²) in [6.45, 7) is 5.45. The van der Waals surface area contributed by atoms with E-state index >= 15 is 0 Å². The molecule has 0 saturated heterocycles. The van der Waals surface area contributed by atoms with Gasteiger partial charge in [-0.05, 0) is 67.8 Å². The fraction of sp³-hybridized carbons (Fsp3) is 0.320. The minimum Gasteiger partial charge on any atom is -0.468 e. The van der Waals surface area contributed by atoms with Crippen LogP contribution in [-0.2, 0) is 20.7 Å². The molecule has 0 unspecified atom stereocenters. The summed E-state index contributed by atoms with van der Waals surface area (Å²) >= 11 is 1.29. The smallest absolute Gasteiger partial charge is 0.212 e. The van der Waals surface area contributed by atoms with Crippen LogP contribution in [0.1, 0.15) is 25.0 Å². The van der Waals surface area contributed by atoms with Crippen LogP contribution < -0.4 is 9.47 Å². The molecule has 3 rings (SSSR count). The number of furan rings is 1. The lowest BCUT2D eigenvalue weighted by Crippen LogP contribution is -2.02. The number of thioether (sulfide) groups is 1. The van der Waals surface area contributed by atoms with Gasteiger partial charge < -0.3 is 23.4 Å². The van der Waals surface area contributed by atoms with Gasteiger partial charge in [0, 0.05) is 19.0 Å². The normalized spacial score (nSPS) is 11.3. The number of fused-ring (bicyclic) bond motifs is 1. The molecule has 170 valence electrons. The zero-order valence-corrected chi connectivity index (χ0v) is 19.2. The van der Waals surface area contributed by atoms with Crippen molar-refractivity contribution in [3.8, 4) is 11.5 Å². The molecular formula is C25H28O6S. The zero-order valence-electron chi connectivity index (χ0n) is 18.4. The van der Waals surface area contributed by atoms with Crippen molar-refractivity contribution in [1.82, 2.24) is 0 Å². The van der Waals surface area contributed by atoms with Gasteiger partial charge in [0.25, 0.3) is 0 Å². The average Bonchev–Trinajstić information content (AvgIpc) is 3.28. The second kappa shape index (κ2) is 13.0. The molecule has 32 heavy (non-hydrogen) atoms. The van der Waals surface area contributed by atoms with E-state index < -0.39 is 0 Å². The molecule has 0 aliphatic carbocycles. The summed E-state index contributed by atoms with van der Waals surface area (Å²) in [6.07, 6.45) is 5.76. The molecule has 0 bridgehead atoms. The first-order valence-corrected chi connectivity index (χ1v) is 11.5. The first kappa shape index (κ1) is 23.9. The molecule has 0 atom stereocenters. The van der Waals surface area contributed by atoms with E-state index in [-0.39, 0.29) is 18.7 Å². The summed E-state index contributed by atoms with van der Waals surface area (Å²) in [4.78, 5) is 12.3. The fourth-order valence-corrected chi connectivity index (χ4v) is 3.59. The molecule has 0 spiro atoms. The summed E-state index contributed by atoms with van der Waals surface area (Å²) in [5.74, 6) is 2.13. The number of ether oxygens (including phenoxy) is 4. The topological polar surface area (TPSA) is 67.1 Å². The van der Waals surface area contributed by atoms with Crippen molar-refractivity contribution in [3.05, 3.63) is 65.9 Å². The second-order valence-electron chi connectivity index (χ2n) is 6.76. The van der Waals surface area contributed by atoms with Crippen molar-refractivity contribution in [3.63, 3.8) is 0 Å². The van der Waals surface area contributed by atoms with Crippen molar-refractivity contribution in [2.75, 3.05) is 32.6 Å². The molecule has 0 aliphatic heterocycles. The van der Waals surface area contributed by atoms with Gasteiger partial charge in [0.15, 0.2) is 13.6 Å². The molecule has 3 aromatic rings. The molecule has 2 aromatic carbocycles. The van der Waals surface area contributed by atoms with Gasteiger partial charge in [-0.2, -0.15) is 0 Å². The number of hydrogen-bond acceptors (Lipinski definition) is 7. The lowest BCUT2D eigenvalue weighted by atomic mass is 10.1. The summed E-state index contributed by atoms with van der Waals surface area (Å²) < 4.78 is 27.1. The summed E-state index contributed by atoms with van der Waals surface area (Å²) in [5.41, 5.74) is 2.68. The summed E-state index contributed by atoms with van der Waals surface area (Å²) in [7, 11) is 0. The van der Waals surface area contributed by atoms with Crippen LogP contribution in [0.3, 0.4) is 0 Å². The Hall–Kier alpha value is -2.74. The zero-order chi connectivity index (χ0) is 22.6. The Morgan fingerprint density at radius 3 is 2.50 bits per heavy atom. The maximum absolute atomic E-state index is 12.3. The van der Waals surface area contributed by atoms with Gasteiger partial charge in [-0.15, -0.1) is 0 Å². The van der Waals surface area contributed by atoms with E-state index in [1.165, 1.54) is 11.8 Å². The largest absolute Gasteiger partial charge is 0.468 e. The average molecular weight is 457 g/mol. The minimum absolute atomic E-state index is 0.00186. The highest BCUT2D eigenvalue weighted by molar-refractivity contribution is 8.14. The van der Waals surface area contributed by atoms with E-state index in [1.54, 1.807) is 18.4 Å². The first-order valence-electron chi connectivity index (χ1n) is 10.6. The second-order valence-corrected chi connectivity index (χ2v) is 7.86. The highest BCUT2D eigenvalue weighted by Crippen LogP contribution is 2.29. The number of hydrogen-bond donors (Lipinski definition) is 0. The van der Waals surface area contributed by atoms with Gasteiger partial charge in [0.2, 0.25) is 5.12 Å². The SMILES string of the molecule is CCOCOc1ccc(CCSC(=O)/C=C/c2cc(OCOCC)c3ccoc3c2)cc1. The quantitative estimate of drug-likeness (QED) is 0.186. The Morgan fingerprint density at radius 2 is 1.75 bits per heavy atom. The van der Waals surface area contributed by atoms with Gasteiger partial charge in [-0.3, -0.25) is 4.79 Å². The van der Waals surface area contributed by atoms with Crippen LogP contribution in [0.2, 0.25) is 0 Å². The molecule has 0 saturated carbocycles. The number of carbonyl (C=O) groups is 1. The van der Waals surface area contributed by atoms with Crippen LogP contribution >= 0.6 is 11.8 Å². The highest BCUT2D eigenvalue weighted by Gasteiger charge is 2.08. The monoisotopic (exact) mass is 456 g/mol. The van der Waals surface area contributed by atoms with E-state index in [0.717, 1.165) is 28.7 Å². The molecule has 0 N–H and O–H groups in total. The third kappa shape index (κ3) is 7.44. The molecule has 1 aromatic heterocycles. The summed E-state index contributed by atoms with van der Waals surface area (Å²) in [6, 6.07) is 13.4. The molecule has 6 nitrogen and oxygen atoms in total. The Morgan fingerprint density at radius 1 is 1.00 bits per heavy atom. The predicted molar refractivity (Wildman–Crippen MR) is 127 cm³/mol. The Kier molecular flexibility index (Phi) is 9.68.